The molecule has 1 aliphatic heterocycles. The van der Waals surface area contributed by atoms with Crippen LogP contribution in [0.2, 0.25) is 5.28 Å². The summed E-state index contributed by atoms with van der Waals surface area (Å²) in [5.41, 5.74) is 0. The van der Waals surface area contributed by atoms with Gasteiger partial charge in [0.05, 0.1) is 6.61 Å². The van der Waals surface area contributed by atoms with Crippen LogP contribution < -0.4 is 9.80 Å². The average Bonchev–Trinajstić information content (AvgIpc) is 2.89. The van der Waals surface area contributed by atoms with E-state index >= 15 is 0 Å². The summed E-state index contributed by atoms with van der Waals surface area (Å²) in [6.45, 7) is 8.47. The van der Waals surface area contributed by atoms with E-state index in [1.165, 1.54) is 0 Å². The van der Waals surface area contributed by atoms with Gasteiger partial charge < -0.3 is 14.5 Å². The van der Waals surface area contributed by atoms with Crippen molar-refractivity contribution < 1.29 is 4.74 Å². The highest BCUT2D eigenvalue weighted by Crippen LogP contribution is 2.23. The number of hydrogen-bond donors (Lipinski definition) is 0. The molecule has 1 saturated heterocycles. The molecule has 112 valence electrons. The van der Waals surface area contributed by atoms with Crippen molar-refractivity contribution in [1.82, 2.24) is 15.0 Å². The second-order valence-corrected chi connectivity index (χ2v) is 5.27. The van der Waals surface area contributed by atoms with Crippen molar-refractivity contribution in [2.45, 2.75) is 20.3 Å². The second kappa shape index (κ2) is 7.04. The van der Waals surface area contributed by atoms with Gasteiger partial charge in [0.25, 0.3) is 0 Å². The molecule has 0 bridgehead atoms. The molecule has 7 heteroatoms. The van der Waals surface area contributed by atoms with Crippen LogP contribution in [0.5, 0.6) is 0 Å². The van der Waals surface area contributed by atoms with Crippen molar-refractivity contribution in [3.8, 4) is 0 Å². The van der Waals surface area contributed by atoms with Crippen LogP contribution in [0.15, 0.2) is 0 Å². The van der Waals surface area contributed by atoms with Crippen molar-refractivity contribution in [2.75, 3.05) is 49.7 Å². The van der Waals surface area contributed by atoms with Gasteiger partial charge in [0.1, 0.15) is 0 Å². The first-order valence-corrected chi connectivity index (χ1v) is 7.46. The summed E-state index contributed by atoms with van der Waals surface area (Å²) in [6.07, 6.45) is 1.09. The molecule has 0 amide bonds. The molecule has 20 heavy (non-hydrogen) atoms. The van der Waals surface area contributed by atoms with Crippen LogP contribution in [-0.4, -0.2) is 54.8 Å². The van der Waals surface area contributed by atoms with Gasteiger partial charge >= 0.3 is 0 Å². The third kappa shape index (κ3) is 3.49. The normalized spacial score (nSPS) is 18.6. The number of aromatic nitrogens is 3. The predicted molar refractivity (Wildman–Crippen MR) is 80.6 cm³/mol. The molecular formula is C13H22ClN5O. The third-order valence-corrected chi connectivity index (χ3v) is 3.77. The molecular weight excluding hydrogens is 278 g/mol. The van der Waals surface area contributed by atoms with Crippen LogP contribution >= 0.6 is 11.6 Å². The van der Waals surface area contributed by atoms with Crippen LogP contribution in [-0.2, 0) is 4.74 Å². The Labute approximate surface area is 125 Å². The minimum Gasteiger partial charge on any atom is -0.384 e. The summed E-state index contributed by atoms with van der Waals surface area (Å²) >= 11 is 6.04. The zero-order valence-electron chi connectivity index (χ0n) is 12.3. The summed E-state index contributed by atoms with van der Waals surface area (Å²) in [6, 6.07) is 0. The monoisotopic (exact) mass is 299 g/mol. The second-order valence-electron chi connectivity index (χ2n) is 4.93. The Kier molecular flexibility index (Phi) is 5.37. The number of nitrogens with zero attached hydrogens (tertiary/aromatic N) is 5. The molecule has 0 aliphatic carbocycles. The lowest BCUT2D eigenvalue weighted by Gasteiger charge is -2.21. The van der Waals surface area contributed by atoms with Gasteiger partial charge in [-0.15, -0.1) is 0 Å². The van der Waals surface area contributed by atoms with Crippen LogP contribution in [0.3, 0.4) is 0 Å². The van der Waals surface area contributed by atoms with E-state index in [2.05, 4.69) is 38.6 Å². The van der Waals surface area contributed by atoms with Gasteiger partial charge in [-0.2, -0.15) is 15.0 Å². The fraction of sp³-hybridized carbons (Fsp3) is 0.769. The Morgan fingerprint density at radius 2 is 2.05 bits per heavy atom. The number of ether oxygens (including phenoxy) is 1. The van der Waals surface area contributed by atoms with Gasteiger partial charge in [0, 0.05) is 39.2 Å². The van der Waals surface area contributed by atoms with E-state index < -0.39 is 0 Å². The zero-order valence-corrected chi connectivity index (χ0v) is 13.1. The lowest BCUT2D eigenvalue weighted by molar-refractivity contribution is 0.161. The molecule has 1 atom stereocenters. The van der Waals surface area contributed by atoms with Crippen LogP contribution in [0.25, 0.3) is 0 Å². The highest BCUT2D eigenvalue weighted by molar-refractivity contribution is 6.28. The largest absolute Gasteiger partial charge is 0.384 e. The van der Waals surface area contributed by atoms with Crippen molar-refractivity contribution in [3.63, 3.8) is 0 Å². The molecule has 0 aromatic carbocycles. The molecule has 1 aromatic rings. The first-order valence-electron chi connectivity index (χ1n) is 7.08. The van der Waals surface area contributed by atoms with E-state index in [1.54, 1.807) is 7.11 Å². The number of halogens is 1. The number of methoxy groups -OCH3 is 1. The summed E-state index contributed by atoms with van der Waals surface area (Å²) in [4.78, 5) is 17.3. The first-order chi connectivity index (χ1) is 9.67. The van der Waals surface area contributed by atoms with Crippen molar-refractivity contribution >= 4 is 23.5 Å². The van der Waals surface area contributed by atoms with Gasteiger partial charge in [-0.3, -0.25) is 0 Å². The number of hydrogen-bond acceptors (Lipinski definition) is 6. The van der Waals surface area contributed by atoms with Crippen molar-refractivity contribution in [1.29, 1.82) is 0 Å². The fourth-order valence-corrected chi connectivity index (χ4v) is 2.66. The lowest BCUT2D eigenvalue weighted by Crippen LogP contribution is -2.28. The number of anilines is 2. The lowest BCUT2D eigenvalue weighted by atomic mass is 10.1. The van der Waals surface area contributed by atoms with E-state index in [0.29, 0.717) is 17.8 Å². The van der Waals surface area contributed by atoms with E-state index in [4.69, 9.17) is 16.3 Å². The molecule has 2 rings (SSSR count). The summed E-state index contributed by atoms with van der Waals surface area (Å²) in [5.74, 6) is 1.86. The quantitative estimate of drug-likeness (QED) is 0.799. The Morgan fingerprint density at radius 3 is 2.70 bits per heavy atom. The van der Waals surface area contributed by atoms with Gasteiger partial charge in [0.2, 0.25) is 17.2 Å². The van der Waals surface area contributed by atoms with Gasteiger partial charge in [-0.1, -0.05) is 0 Å². The molecule has 0 saturated carbocycles. The molecule has 0 N–H and O–H groups in total. The topological polar surface area (TPSA) is 54.4 Å². The Hall–Kier alpha value is -1.14. The highest BCUT2D eigenvalue weighted by Gasteiger charge is 2.25. The van der Waals surface area contributed by atoms with Crippen LogP contribution in [0, 0.1) is 5.92 Å². The SMILES string of the molecule is CCN(CC)c1nc(Cl)nc(N2CCC(COC)C2)n1. The molecule has 2 heterocycles. The predicted octanol–water partition coefficient (Wildman–Crippen LogP) is 1.84. The minimum absolute atomic E-state index is 0.257. The van der Waals surface area contributed by atoms with Gasteiger partial charge in [-0.25, -0.2) is 0 Å². The van der Waals surface area contributed by atoms with E-state index in [0.717, 1.165) is 39.2 Å². The first kappa shape index (κ1) is 15.3. The third-order valence-electron chi connectivity index (χ3n) is 3.60. The van der Waals surface area contributed by atoms with Crippen LogP contribution in [0.1, 0.15) is 20.3 Å². The molecule has 1 fully saturated rings. The molecule has 1 unspecified atom stereocenters. The zero-order chi connectivity index (χ0) is 14.5. The highest BCUT2D eigenvalue weighted by atomic mass is 35.5. The van der Waals surface area contributed by atoms with Crippen molar-refractivity contribution in [3.05, 3.63) is 5.28 Å². The minimum atomic E-state index is 0.257. The maximum atomic E-state index is 6.04. The summed E-state index contributed by atoms with van der Waals surface area (Å²) in [7, 11) is 1.74. The average molecular weight is 300 g/mol. The van der Waals surface area contributed by atoms with E-state index in [-0.39, 0.29) is 5.28 Å². The maximum absolute atomic E-state index is 6.04. The fourth-order valence-electron chi connectivity index (χ4n) is 2.50. The molecule has 1 aromatic heterocycles. The maximum Gasteiger partial charge on any atom is 0.231 e. The van der Waals surface area contributed by atoms with Gasteiger partial charge in [0.15, 0.2) is 0 Å². The Bertz CT molecular complexity index is 441. The van der Waals surface area contributed by atoms with Gasteiger partial charge in [-0.05, 0) is 31.9 Å². The number of rotatable bonds is 6. The molecule has 1 aliphatic rings. The molecule has 0 radical (unpaired) electrons. The molecule has 0 spiro atoms. The molecule has 6 nitrogen and oxygen atoms in total. The Morgan fingerprint density at radius 1 is 1.30 bits per heavy atom. The Balaban J connectivity index is 2.16. The smallest absolute Gasteiger partial charge is 0.231 e. The summed E-state index contributed by atoms with van der Waals surface area (Å²) < 4.78 is 5.22. The van der Waals surface area contributed by atoms with E-state index in [1.807, 2.05) is 0 Å². The summed E-state index contributed by atoms with van der Waals surface area (Å²) in [5, 5.41) is 0.257. The van der Waals surface area contributed by atoms with Crippen molar-refractivity contribution in [2.24, 2.45) is 5.92 Å². The standard InChI is InChI=1S/C13H22ClN5O/c1-4-18(5-2)12-15-11(14)16-13(17-12)19-7-6-10(8-19)9-20-3/h10H,4-9H2,1-3H3. The van der Waals surface area contributed by atoms with Crippen LogP contribution in [0.4, 0.5) is 11.9 Å². The van der Waals surface area contributed by atoms with E-state index in [9.17, 15) is 0 Å².